The van der Waals surface area contributed by atoms with Crippen LogP contribution in [0.2, 0.25) is 0 Å². The van der Waals surface area contributed by atoms with E-state index >= 15 is 0 Å². The maximum absolute atomic E-state index is 14.1. The average molecular weight is 588 g/mol. The van der Waals surface area contributed by atoms with Gasteiger partial charge in [0.1, 0.15) is 11.4 Å². The third-order valence-electron chi connectivity index (χ3n) is 8.02. The van der Waals surface area contributed by atoms with Gasteiger partial charge in [-0.25, -0.2) is 9.78 Å². The Morgan fingerprint density at radius 1 is 1.00 bits per heavy atom. The zero-order valence-corrected chi connectivity index (χ0v) is 25.7. The first-order valence-electron chi connectivity index (χ1n) is 15.2. The molecule has 0 spiro atoms. The SMILES string of the molecule is CC(C)Oc1ccc(-c2ccc(N(CC3(NC(=O)OC(C)(C)C)CCCC3)C(=O)[C@@H]3C[C@H]3c3cccc(F)n3)cc2)cc1. The van der Waals surface area contributed by atoms with E-state index in [9.17, 15) is 14.0 Å². The molecule has 8 heteroatoms. The number of nitrogens with zero attached hydrogens (tertiary/aromatic N) is 2. The standard InChI is InChI=1S/C35H42FN3O4/c1-23(2)42-27-17-13-25(14-18-27)24-11-15-26(16-12-24)39(32(40)29-21-28(29)30-9-8-10-31(36)37-30)22-35(19-6-7-20-35)38-33(41)43-34(3,4)5/h8-18,23,28-29H,6-7,19-22H2,1-5H3,(H,38,41)/t28-,29-/m1/s1. The zero-order chi connectivity index (χ0) is 30.8. The molecule has 2 saturated carbocycles. The van der Waals surface area contributed by atoms with Crippen LogP contribution in [-0.4, -0.2) is 40.8 Å². The number of rotatable bonds is 9. The lowest BCUT2D eigenvalue weighted by atomic mass is 9.95. The number of nitrogens with one attached hydrogen (secondary N) is 1. The van der Waals surface area contributed by atoms with Gasteiger partial charge in [0, 0.05) is 29.8 Å². The highest BCUT2D eigenvalue weighted by atomic mass is 19.1. The van der Waals surface area contributed by atoms with Crippen LogP contribution in [0.25, 0.3) is 11.1 Å². The van der Waals surface area contributed by atoms with Gasteiger partial charge in [-0.05, 0) is 101 Å². The van der Waals surface area contributed by atoms with Gasteiger partial charge in [0.2, 0.25) is 11.9 Å². The van der Waals surface area contributed by atoms with Crippen LogP contribution in [0.15, 0.2) is 66.7 Å². The van der Waals surface area contributed by atoms with E-state index in [1.165, 1.54) is 6.07 Å². The number of hydrogen-bond donors (Lipinski definition) is 1. The fraction of sp³-hybridized carbons (Fsp3) is 0.457. The second-order valence-corrected chi connectivity index (χ2v) is 13.1. The molecule has 2 fully saturated rings. The highest BCUT2D eigenvalue weighted by molar-refractivity contribution is 5.98. The van der Waals surface area contributed by atoms with E-state index in [1.54, 1.807) is 17.0 Å². The topological polar surface area (TPSA) is 80.8 Å². The normalized spacial score (nSPS) is 19.1. The second kappa shape index (κ2) is 12.3. The van der Waals surface area contributed by atoms with Crippen molar-refractivity contribution in [1.82, 2.24) is 10.3 Å². The molecule has 43 heavy (non-hydrogen) atoms. The summed E-state index contributed by atoms with van der Waals surface area (Å²) in [6, 6.07) is 20.6. The van der Waals surface area contributed by atoms with Gasteiger partial charge in [-0.3, -0.25) is 4.79 Å². The lowest BCUT2D eigenvalue weighted by Gasteiger charge is -2.37. The highest BCUT2D eigenvalue weighted by Crippen LogP contribution is 2.48. The largest absolute Gasteiger partial charge is 0.491 e. The number of carbonyl (C=O) groups is 2. The van der Waals surface area contributed by atoms with Crippen LogP contribution in [0.5, 0.6) is 5.75 Å². The number of alkyl carbamates (subject to hydrolysis) is 1. The van der Waals surface area contributed by atoms with Crippen molar-refractivity contribution in [2.45, 2.75) is 89.9 Å². The Hall–Kier alpha value is -3.94. The minimum atomic E-state index is -0.631. The first-order chi connectivity index (χ1) is 20.4. The van der Waals surface area contributed by atoms with Crippen LogP contribution in [-0.2, 0) is 9.53 Å². The number of aromatic nitrogens is 1. The molecule has 5 rings (SSSR count). The predicted octanol–water partition coefficient (Wildman–Crippen LogP) is 7.65. The predicted molar refractivity (Wildman–Crippen MR) is 166 cm³/mol. The monoisotopic (exact) mass is 587 g/mol. The summed E-state index contributed by atoms with van der Waals surface area (Å²) in [5, 5.41) is 3.14. The van der Waals surface area contributed by atoms with Gasteiger partial charge in [0.15, 0.2) is 0 Å². The van der Waals surface area contributed by atoms with Gasteiger partial charge in [0.05, 0.1) is 11.6 Å². The van der Waals surface area contributed by atoms with E-state index in [1.807, 2.05) is 83.1 Å². The van der Waals surface area contributed by atoms with E-state index in [-0.39, 0.29) is 23.8 Å². The van der Waals surface area contributed by atoms with Crippen molar-refractivity contribution >= 4 is 17.7 Å². The highest BCUT2D eigenvalue weighted by Gasteiger charge is 2.49. The Morgan fingerprint density at radius 2 is 1.63 bits per heavy atom. The first-order valence-corrected chi connectivity index (χ1v) is 15.2. The molecular formula is C35H42FN3O4. The van der Waals surface area contributed by atoms with Crippen molar-refractivity contribution in [3.05, 3.63) is 78.4 Å². The number of anilines is 1. The number of amides is 2. The summed E-state index contributed by atoms with van der Waals surface area (Å²) in [5.41, 5.74) is 2.17. The molecule has 0 bridgehead atoms. The molecule has 2 amide bonds. The number of pyridine rings is 1. The van der Waals surface area contributed by atoms with Gasteiger partial charge in [-0.1, -0.05) is 43.2 Å². The van der Waals surface area contributed by atoms with Crippen molar-refractivity contribution < 1.29 is 23.5 Å². The minimum absolute atomic E-state index is 0.0451. The summed E-state index contributed by atoms with van der Waals surface area (Å²) in [4.78, 5) is 32.9. The molecule has 2 aliphatic rings. The molecule has 0 aliphatic heterocycles. The molecule has 3 aromatic rings. The van der Waals surface area contributed by atoms with Crippen molar-refractivity contribution in [2.75, 3.05) is 11.4 Å². The number of halogens is 1. The van der Waals surface area contributed by atoms with Crippen LogP contribution in [0.1, 0.15) is 78.3 Å². The Kier molecular flexibility index (Phi) is 8.76. The molecule has 1 aromatic heterocycles. The van der Waals surface area contributed by atoms with Crippen LogP contribution in [0.3, 0.4) is 0 Å². The lowest BCUT2D eigenvalue weighted by Crippen LogP contribution is -2.56. The quantitative estimate of drug-likeness (QED) is 0.260. The fourth-order valence-corrected chi connectivity index (χ4v) is 5.95. The summed E-state index contributed by atoms with van der Waals surface area (Å²) in [6.45, 7) is 9.83. The summed E-state index contributed by atoms with van der Waals surface area (Å²) in [5.74, 6) is -0.204. The van der Waals surface area contributed by atoms with Crippen LogP contribution in [0, 0.1) is 11.9 Å². The van der Waals surface area contributed by atoms with Gasteiger partial charge >= 0.3 is 6.09 Å². The molecular weight excluding hydrogens is 545 g/mol. The molecule has 0 radical (unpaired) electrons. The Labute approximate surface area is 253 Å². The summed E-state index contributed by atoms with van der Waals surface area (Å²) in [7, 11) is 0. The van der Waals surface area contributed by atoms with E-state index < -0.39 is 23.2 Å². The van der Waals surface area contributed by atoms with Crippen molar-refractivity contribution in [3.63, 3.8) is 0 Å². The Bertz CT molecular complexity index is 1430. The van der Waals surface area contributed by atoms with Crippen molar-refractivity contribution in [1.29, 1.82) is 0 Å². The number of ether oxygens (including phenoxy) is 2. The molecule has 1 N–H and O–H groups in total. The van der Waals surface area contributed by atoms with E-state index in [0.717, 1.165) is 48.2 Å². The Morgan fingerprint density at radius 3 is 2.21 bits per heavy atom. The third kappa shape index (κ3) is 7.72. The molecule has 1 heterocycles. The van der Waals surface area contributed by atoms with Gasteiger partial charge in [-0.2, -0.15) is 4.39 Å². The fourth-order valence-electron chi connectivity index (χ4n) is 5.95. The third-order valence-corrected chi connectivity index (χ3v) is 8.02. The van der Waals surface area contributed by atoms with Gasteiger partial charge in [0.25, 0.3) is 0 Å². The zero-order valence-electron chi connectivity index (χ0n) is 25.7. The minimum Gasteiger partial charge on any atom is -0.491 e. The van der Waals surface area contributed by atoms with Crippen molar-refractivity contribution in [2.24, 2.45) is 5.92 Å². The summed E-state index contributed by atoms with van der Waals surface area (Å²) in [6.07, 6.45) is 3.64. The smallest absolute Gasteiger partial charge is 0.408 e. The molecule has 0 saturated heterocycles. The lowest BCUT2D eigenvalue weighted by molar-refractivity contribution is -0.120. The van der Waals surface area contributed by atoms with Crippen LogP contribution in [0.4, 0.5) is 14.9 Å². The molecule has 228 valence electrons. The van der Waals surface area contributed by atoms with Gasteiger partial charge in [-0.15, -0.1) is 0 Å². The maximum atomic E-state index is 14.1. The van der Waals surface area contributed by atoms with E-state index in [0.29, 0.717) is 18.7 Å². The molecule has 2 atom stereocenters. The Balaban J connectivity index is 1.41. The molecule has 2 aromatic carbocycles. The molecule has 7 nitrogen and oxygen atoms in total. The number of benzene rings is 2. The van der Waals surface area contributed by atoms with E-state index in [2.05, 4.69) is 10.3 Å². The van der Waals surface area contributed by atoms with Crippen LogP contribution < -0.4 is 15.0 Å². The molecule has 0 unspecified atom stereocenters. The molecule has 2 aliphatic carbocycles. The first kappa shape index (κ1) is 30.5. The van der Waals surface area contributed by atoms with Gasteiger partial charge < -0.3 is 19.7 Å². The van der Waals surface area contributed by atoms with E-state index in [4.69, 9.17) is 9.47 Å². The number of carbonyl (C=O) groups excluding carboxylic acids is 2. The second-order valence-electron chi connectivity index (χ2n) is 13.1. The summed E-state index contributed by atoms with van der Waals surface area (Å²) < 4.78 is 25.2. The number of hydrogen-bond acceptors (Lipinski definition) is 5. The summed E-state index contributed by atoms with van der Waals surface area (Å²) >= 11 is 0. The maximum Gasteiger partial charge on any atom is 0.408 e. The average Bonchev–Trinajstić information content (AvgIpc) is 3.62. The van der Waals surface area contributed by atoms with Crippen molar-refractivity contribution in [3.8, 4) is 16.9 Å². The van der Waals surface area contributed by atoms with Crippen LogP contribution >= 0.6 is 0 Å².